The first-order valence-corrected chi connectivity index (χ1v) is 25.2. The lowest BCUT2D eigenvalue weighted by atomic mass is 9.79. The van der Waals surface area contributed by atoms with Gasteiger partial charge in [-0.3, -0.25) is 4.79 Å². The van der Waals surface area contributed by atoms with Gasteiger partial charge in [0, 0.05) is 6.42 Å². The van der Waals surface area contributed by atoms with Crippen molar-refractivity contribution in [1.82, 2.24) is 16.0 Å². The largest absolute Gasteiger partial charge is 0.445 e. The third kappa shape index (κ3) is 14.9. The minimum absolute atomic E-state index is 0.0101. The fourth-order valence-electron chi connectivity index (χ4n) is 9.12. The van der Waals surface area contributed by atoms with E-state index in [0.717, 1.165) is 11.1 Å². The van der Waals surface area contributed by atoms with Crippen LogP contribution in [0.5, 0.6) is 0 Å². The minimum Gasteiger partial charge on any atom is -0.445 e. The van der Waals surface area contributed by atoms with Crippen LogP contribution in [0.3, 0.4) is 0 Å². The molecule has 3 aromatic rings. The summed E-state index contributed by atoms with van der Waals surface area (Å²) in [4.78, 5) is 40.2. The number of amides is 3. The number of alkyl halides is 2. The summed E-state index contributed by atoms with van der Waals surface area (Å²) in [5, 5.41) is 43.1. The zero-order chi connectivity index (χ0) is 52.8. The fourth-order valence-corrected chi connectivity index (χ4v) is 9.12. The number of nitrogens with one attached hydrogen (secondary N) is 3. The van der Waals surface area contributed by atoms with E-state index >= 15 is 8.78 Å². The molecule has 3 aliphatic heterocycles. The van der Waals surface area contributed by atoms with Gasteiger partial charge in [0.25, 0.3) is 11.8 Å². The molecule has 1 saturated carbocycles. The first-order chi connectivity index (χ1) is 35.7. The SMILES string of the molecule is CCC1C=CC(NC(=O)OCc2ccccc2)C(OC2C(CO)OC(OC3C(O)C(NC(=O)C(OCc4ccccc4)C(F)(F)CC)CC(C)C3OC3OC(CC)C=CC3NC(=O)OCc3ccccc3)C2O)O1. The highest BCUT2D eigenvalue weighted by molar-refractivity contribution is 5.82. The Balaban J connectivity index is 1.12. The Labute approximate surface area is 429 Å². The van der Waals surface area contributed by atoms with Gasteiger partial charge >= 0.3 is 12.2 Å². The molecule has 404 valence electrons. The smallest absolute Gasteiger partial charge is 0.408 e. The Morgan fingerprint density at radius 3 is 1.58 bits per heavy atom. The highest BCUT2D eigenvalue weighted by Gasteiger charge is 2.54. The molecule has 4 aliphatic rings. The molecule has 3 aromatic carbocycles. The molecule has 0 aromatic heterocycles. The summed E-state index contributed by atoms with van der Waals surface area (Å²) in [5.41, 5.74) is 2.08. The maximum absolute atomic E-state index is 15.6. The molecule has 3 heterocycles. The molecule has 6 N–H and O–H groups in total. The van der Waals surface area contributed by atoms with Crippen LogP contribution in [-0.2, 0) is 67.2 Å². The maximum Gasteiger partial charge on any atom is 0.408 e. The van der Waals surface area contributed by atoms with Crippen LogP contribution in [0.4, 0.5) is 18.4 Å². The van der Waals surface area contributed by atoms with Crippen LogP contribution in [0.15, 0.2) is 115 Å². The molecule has 3 amide bonds. The first kappa shape index (κ1) is 56.3. The molecule has 16 atom stereocenters. The number of carbonyl (C=O) groups is 3. The Bertz CT molecular complexity index is 2290. The van der Waals surface area contributed by atoms with Crippen LogP contribution in [-0.4, -0.2) is 138 Å². The summed E-state index contributed by atoms with van der Waals surface area (Å²) in [5.74, 6) is -5.46. The predicted molar refractivity (Wildman–Crippen MR) is 262 cm³/mol. The molecule has 74 heavy (non-hydrogen) atoms. The lowest BCUT2D eigenvalue weighted by Crippen LogP contribution is -2.64. The van der Waals surface area contributed by atoms with Gasteiger partial charge in [-0.1, -0.05) is 143 Å². The van der Waals surface area contributed by atoms with Gasteiger partial charge in [-0.2, -0.15) is 0 Å². The van der Waals surface area contributed by atoms with Gasteiger partial charge in [-0.15, -0.1) is 0 Å². The minimum atomic E-state index is -3.61. The van der Waals surface area contributed by atoms with Crippen molar-refractivity contribution in [3.05, 3.63) is 132 Å². The summed E-state index contributed by atoms with van der Waals surface area (Å²) in [6, 6.07) is 23.6. The lowest BCUT2D eigenvalue weighted by Gasteiger charge is -2.46. The molecule has 1 aliphatic carbocycles. The molecule has 7 rings (SSSR count). The molecule has 16 unspecified atom stereocenters. The average molecular weight is 1040 g/mol. The fraction of sp³-hybridized carbons (Fsp3) is 0.537. The Hall–Kier alpha value is -5.39. The van der Waals surface area contributed by atoms with Crippen LogP contribution in [0, 0.1) is 5.92 Å². The molecule has 20 heteroatoms. The Morgan fingerprint density at radius 1 is 0.635 bits per heavy atom. The average Bonchev–Trinajstić information content (AvgIpc) is 3.71. The van der Waals surface area contributed by atoms with E-state index in [2.05, 4.69) is 16.0 Å². The normalized spacial score (nSPS) is 31.3. The van der Waals surface area contributed by atoms with Crippen LogP contribution in [0.2, 0.25) is 0 Å². The molecule has 0 radical (unpaired) electrons. The number of rotatable bonds is 22. The first-order valence-electron chi connectivity index (χ1n) is 25.2. The van der Waals surface area contributed by atoms with Crippen LogP contribution in [0.25, 0.3) is 0 Å². The van der Waals surface area contributed by atoms with Crippen molar-refractivity contribution in [1.29, 1.82) is 0 Å². The van der Waals surface area contributed by atoms with E-state index in [4.69, 9.17) is 42.6 Å². The number of alkyl carbamates (subject to hydrolysis) is 2. The van der Waals surface area contributed by atoms with E-state index in [1.807, 2.05) is 50.2 Å². The zero-order valence-corrected chi connectivity index (χ0v) is 41.9. The van der Waals surface area contributed by atoms with E-state index < -0.39 is 135 Å². The van der Waals surface area contributed by atoms with Crippen molar-refractivity contribution < 1.29 is 81.1 Å². The van der Waals surface area contributed by atoms with Crippen LogP contribution < -0.4 is 16.0 Å². The van der Waals surface area contributed by atoms with E-state index in [0.29, 0.717) is 18.4 Å². The summed E-state index contributed by atoms with van der Waals surface area (Å²) >= 11 is 0. The van der Waals surface area contributed by atoms with Crippen molar-refractivity contribution >= 4 is 18.1 Å². The quantitative estimate of drug-likeness (QED) is 0.0663. The Morgan fingerprint density at radius 2 is 1.11 bits per heavy atom. The number of aliphatic hydroxyl groups is 3. The third-order valence-corrected chi connectivity index (χ3v) is 13.4. The summed E-state index contributed by atoms with van der Waals surface area (Å²) in [7, 11) is 0. The van der Waals surface area contributed by atoms with E-state index in [1.54, 1.807) is 85.8 Å². The van der Waals surface area contributed by atoms with Gasteiger partial charge in [-0.05, 0) is 41.9 Å². The van der Waals surface area contributed by atoms with Gasteiger partial charge < -0.3 is 73.9 Å². The second-order valence-corrected chi connectivity index (χ2v) is 18.8. The second-order valence-electron chi connectivity index (χ2n) is 18.8. The summed E-state index contributed by atoms with van der Waals surface area (Å²) in [6.07, 6.45) is -10.4. The molecule has 2 fully saturated rings. The van der Waals surface area contributed by atoms with E-state index in [-0.39, 0.29) is 26.2 Å². The van der Waals surface area contributed by atoms with Crippen molar-refractivity contribution in [2.75, 3.05) is 6.61 Å². The van der Waals surface area contributed by atoms with Crippen LogP contribution in [0.1, 0.15) is 70.1 Å². The third-order valence-electron chi connectivity index (χ3n) is 13.4. The Kier molecular flexibility index (Phi) is 20.5. The molecule has 1 saturated heterocycles. The summed E-state index contributed by atoms with van der Waals surface area (Å²) < 4.78 is 85.8. The van der Waals surface area contributed by atoms with E-state index in [9.17, 15) is 29.7 Å². The highest BCUT2D eigenvalue weighted by atomic mass is 19.3. The molecule has 0 spiro atoms. The standard InChI is InChI=1S/C54H69F2N3O15/c1-5-36-23-25-38(58-52(64)67-30-34-19-13-9-14-20-34)49(69-36)72-44-32(4)27-40(57-48(63)47(54(55,56)7-3)66-29-33-17-11-8-12-18-33)42(61)46(44)74-51-43(62)45(41(28-60)71-51)73-50-39(26-24-37(6-2)70-50)59-53(65)68-31-35-21-15-10-16-22-35/h8-26,32,36-47,49-51,60-62H,5-7,27-31H2,1-4H3,(H,57,63)(H,58,64)(H,59,65). The molecule has 18 nitrogen and oxygen atoms in total. The van der Waals surface area contributed by atoms with Crippen molar-refractivity contribution in [3.63, 3.8) is 0 Å². The number of ether oxygens (including phenoxy) is 9. The number of carbonyl (C=O) groups excluding carboxylic acids is 3. The van der Waals surface area contributed by atoms with Gasteiger partial charge in [-0.25, -0.2) is 18.4 Å². The maximum atomic E-state index is 15.6. The van der Waals surface area contributed by atoms with E-state index in [1.165, 1.54) is 6.92 Å². The van der Waals surface area contributed by atoms with Crippen molar-refractivity contribution in [2.24, 2.45) is 5.92 Å². The van der Waals surface area contributed by atoms with Gasteiger partial charge in [0.05, 0.1) is 37.6 Å². The number of aliphatic hydroxyl groups excluding tert-OH is 3. The predicted octanol–water partition coefficient (Wildman–Crippen LogP) is 5.71. The highest BCUT2D eigenvalue weighted by Crippen LogP contribution is 2.37. The topological polar surface area (TPSA) is 231 Å². The van der Waals surface area contributed by atoms with Crippen LogP contribution >= 0.6 is 0 Å². The molecule has 0 bridgehead atoms. The van der Waals surface area contributed by atoms with Crippen molar-refractivity contribution in [2.45, 2.75) is 171 Å². The zero-order valence-electron chi connectivity index (χ0n) is 41.9. The monoisotopic (exact) mass is 1040 g/mol. The van der Waals surface area contributed by atoms with Gasteiger partial charge in [0.15, 0.2) is 25.0 Å². The van der Waals surface area contributed by atoms with Crippen molar-refractivity contribution in [3.8, 4) is 0 Å². The number of benzene rings is 3. The number of halogens is 2. The second kappa shape index (κ2) is 26.9. The number of hydrogen-bond acceptors (Lipinski definition) is 15. The lowest BCUT2D eigenvalue weighted by molar-refractivity contribution is -0.287. The van der Waals surface area contributed by atoms with Gasteiger partial charge in [0.1, 0.15) is 55.8 Å². The number of hydrogen-bond donors (Lipinski definition) is 6. The summed E-state index contributed by atoms with van der Waals surface area (Å²) in [6.45, 7) is 5.71. The molecular weight excluding hydrogens is 969 g/mol. The molecular formula is C54H69F2N3O15. The van der Waals surface area contributed by atoms with Gasteiger partial charge in [0.2, 0.25) is 0 Å².